The van der Waals surface area contributed by atoms with Crippen LogP contribution in [-0.2, 0) is 18.9 Å². The van der Waals surface area contributed by atoms with Gasteiger partial charge in [0.05, 0.1) is 52.9 Å². The molecule has 0 spiro atoms. The van der Waals surface area contributed by atoms with E-state index in [4.69, 9.17) is 37.9 Å². The van der Waals surface area contributed by atoms with Crippen LogP contribution in [0.25, 0.3) is 0 Å². The predicted octanol–water partition coefficient (Wildman–Crippen LogP) is -1.86. The van der Waals surface area contributed by atoms with E-state index in [2.05, 4.69) is 0 Å². The number of aliphatic hydroxyl groups is 8. The van der Waals surface area contributed by atoms with E-state index in [0.29, 0.717) is 24.7 Å². The Morgan fingerprint density at radius 1 is 0.562 bits per heavy atom. The highest BCUT2D eigenvalue weighted by molar-refractivity contribution is 5.46. The number of rotatable bonds is 10. The van der Waals surface area contributed by atoms with Crippen molar-refractivity contribution in [1.29, 1.82) is 0 Å². The highest BCUT2D eigenvalue weighted by atomic mass is 16.7. The van der Waals surface area contributed by atoms with Crippen molar-refractivity contribution >= 4 is 0 Å². The molecule has 8 N–H and O–H groups in total. The molecule has 0 aromatic heterocycles. The summed E-state index contributed by atoms with van der Waals surface area (Å²) in [6.07, 6.45) is -15.0. The molecule has 48 heavy (non-hydrogen) atoms. The molecule has 0 radical (unpaired) electrons. The summed E-state index contributed by atoms with van der Waals surface area (Å²) in [5.74, 6) is 0.997. The molecule has 0 saturated carbocycles. The Kier molecular flexibility index (Phi) is 10.6. The second-order valence-corrected chi connectivity index (χ2v) is 12.3. The lowest BCUT2D eigenvalue weighted by atomic mass is 9.85. The van der Waals surface area contributed by atoms with Gasteiger partial charge in [0.1, 0.15) is 48.8 Å². The summed E-state index contributed by atoms with van der Waals surface area (Å²) < 4.78 is 46.1. The van der Waals surface area contributed by atoms with Crippen molar-refractivity contribution in [1.82, 2.24) is 0 Å². The maximum Gasteiger partial charge on any atom is 0.229 e. The lowest BCUT2D eigenvalue weighted by Crippen LogP contribution is -2.60. The van der Waals surface area contributed by atoms with Gasteiger partial charge in [0.15, 0.2) is 23.0 Å². The van der Waals surface area contributed by atoms with Gasteiger partial charge < -0.3 is 78.7 Å². The molecule has 0 unspecified atom stereocenters. The molecule has 2 aromatic rings. The van der Waals surface area contributed by atoms with Crippen molar-refractivity contribution in [2.24, 2.45) is 11.8 Å². The van der Waals surface area contributed by atoms with Crippen LogP contribution in [0, 0.1) is 11.8 Å². The number of hydrogen-bond donors (Lipinski definition) is 8. The monoisotopic (exact) mass is 682 g/mol. The minimum Gasteiger partial charge on any atom is -0.493 e. The van der Waals surface area contributed by atoms with Crippen molar-refractivity contribution < 1.29 is 78.7 Å². The highest BCUT2D eigenvalue weighted by Gasteiger charge is 2.49. The second-order valence-electron chi connectivity index (χ2n) is 12.3. The van der Waals surface area contributed by atoms with E-state index >= 15 is 0 Å². The quantitative estimate of drug-likeness (QED) is 0.137. The van der Waals surface area contributed by atoms with Gasteiger partial charge in [0.2, 0.25) is 12.6 Å². The lowest BCUT2D eigenvalue weighted by Gasteiger charge is -2.39. The number of fused-ring (bicyclic) bond motifs is 1. The van der Waals surface area contributed by atoms with Gasteiger partial charge in [-0.15, -0.1) is 0 Å². The van der Waals surface area contributed by atoms with Gasteiger partial charge in [0, 0.05) is 11.8 Å². The second kappa shape index (κ2) is 14.6. The van der Waals surface area contributed by atoms with E-state index in [1.807, 2.05) is 0 Å². The summed E-state index contributed by atoms with van der Waals surface area (Å²) in [5.41, 5.74) is 1.59. The molecule has 0 aliphatic carbocycles. The summed E-state index contributed by atoms with van der Waals surface area (Å²) >= 11 is 0. The first kappa shape index (κ1) is 35.0. The third kappa shape index (κ3) is 6.44. The largest absolute Gasteiger partial charge is 0.493 e. The van der Waals surface area contributed by atoms with Gasteiger partial charge in [0.25, 0.3) is 0 Å². The third-order valence-electron chi connectivity index (χ3n) is 9.48. The van der Waals surface area contributed by atoms with Gasteiger partial charge in [-0.1, -0.05) is 12.1 Å². The average Bonchev–Trinajstić information content (AvgIpc) is 3.72. The Balaban J connectivity index is 1.14. The average molecular weight is 683 g/mol. The first-order chi connectivity index (χ1) is 23.1. The normalized spacial score (nSPS) is 39.5. The fraction of sp³-hybridized carbons (Fsp3) is 0.625. The molecule has 16 heteroatoms. The van der Waals surface area contributed by atoms with Crippen LogP contribution in [0.2, 0.25) is 0 Å². The van der Waals surface area contributed by atoms with Gasteiger partial charge in [-0.2, -0.15) is 0 Å². The van der Waals surface area contributed by atoms with Crippen LogP contribution < -0.4 is 18.9 Å². The fourth-order valence-electron chi connectivity index (χ4n) is 6.73. The molecule has 16 nitrogen and oxygen atoms in total. The first-order valence-electron chi connectivity index (χ1n) is 15.6. The smallest absolute Gasteiger partial charge is 0.229 e. The van der Waals surface area contributed by atoms with E-state index in [1.54, 1.807) is 36.4 Å². The Labute approximate surface area is 275 Å². The molecule has 4 heterocycles. The summed E-state index contributed by atoms with van der Waals surface area (Å²) in [4.78, 5) is 0. The maximum atomic E-state index is 10.4. The molecule has 4 aliphatic rings. The molecule has 0 amide bonds. The van der Waals surface area contributed by atoms with Crippen LogP contribution in [0.5, 0.6) is 23.0 Å². The summed E-state index contributed by atoms with van der Waals surface area (Å²) in [6.45, 7) is -0.371. The molecule has 4 saturated heterocycles. The lowest BCUT2D eigenvalue weighted by molar-refractivity contribution is -0.277. The third-order valence-corrected chi connectivity index (χ3v) is 9.48. The minimum atomic E-state index is -1.59. The molecule has 6 rings (SSSR count). The molecule has 2 aromatic carbocycles. The molecule has 4 fully saturated rings. The molecule has 0 bridgehead atoms. The van der Waals surface area contributed by atoms with Crippen LogP contribution in [0.4, 0.5) is 0 Å². The van der Waals surface area contributed by atoms with Crippen LogP contribution in [0.15, 0.2) is 36.4 Å². The van der Waals surface area contributed by atoms with Crippen LogP contribution in [0.3, 0.4) is 0 Å². The van der Waals surface area contributed by atoms with Gasteiger partial charge in [-0.05, 0) is 35.4 Å². The summed E-state index contributed by atoms with van der Waals surface area (Å²) in [7, 11) is 2.90. The summed E-state index contributed by atoms with van der Waals surface area (Å²) in [6, 6.07) is 10.3. The van der Waals surface area contributed by atoms with E-state index in [9.17, 15) is 40.9 Å². The van der Waals surface area contributed by atoms with Gasteiger partial charge in [-0.25, -0.2) is 0 Å². The Morgan fingerprint density at radius 2 is 0.958 bits per heavy atom. The van der Waals surface area contributed by atoms with Crippen LogP contribution in [-0.4, -0.2) is 143 Å². The molecule has 4 aliphatic heterocycles. The maximum absolute atomic E-state index is 10.4. The zero-order chi connectivity index (χ0) is 34.3. The van der Waals surface area contributed by atoms with E-state index in [0.717, 1.165) is 11.1 Å². The fourth-order valence-corrected chi connectivity index (χ4v) is 6.73. The van der Waals surface area contributed by atoms with Crippen molar-refractivity contribution in [3.63, 3.8) is 0 Å². The van der Waals surface area contributed by atoms with Crippen LogP contribution >= 0.6 is 0 Å². The van der Waals surface area contributed by atoms with Crippen LogP contribution in [0.1, 0.15) is 23.3 Å². The van der Waals surface area contributed by atoms with Crippen molar-refractivity contribution in [2.75, 3.05) is 40.6 Å². The van der Waals surface area contributed by atoms with Crippen molar-refractivity contribution in [3.8, 4) is 23.0 Å². The molecular formula is C32H42O16. The zero-order valence-corrected chi connectivity index (χ0v) is 26.2. The van der Waals surface area contributed by atoms with E-state index in [-0.39, 0.29) is 35.5 Å². The summed E-state index contributed by atoms with van der Waals surface area (Å²) in [5, 5.41) is 80.1. The Morgan fingerprint density at radius 3 is 1.31 bits per heavy atom. The first-order valence-corrected chi connectivity index (χ1v) is 15.6. The number of methoxy groups -OCH3 is 2. The zero-order valence-electron chi connectivity index (χ0n) is 26.2. The number of aliphatic hydroxyl groups excluding tert-OH is 8. The van der Waals surface area contributed by atoms with Crippen molar-refractivity contribution in [2.45, 2.75) is 73.6 Å². The van der Waals surface area contributed by atoms with Crippen molar-refractivity contribution in [3.05, 3.63) is 47.5 Å². The Hall–Kier alpha value is -2.84. The van der Waals surface area contributed by atoms with E-state index in [1.165, 1.54) is 14.2 Å². The number of ether oxygens (including phenoxy) is 8. The number of benzene rings is 2. The topological polar surface area (TPSA) is 236 Å². The van der Waals surface area contributed by atoms with Gasteiger partial charge >= 0.3 is 0 Å². The number of hydrogen-bond acceptors (Lipinski definition) is 16. The Bertz CT molecular complexity index is 1290. The highest BCUT2D eigenvalue weighted by Crippen LogP contribution is 2.52. The SMILES string of the molecule is COc1cc([C@H]2OC[C@H]3[C@@H]2CO[C@@H]3c2ccc(O[C@@H]3O[C@H](CO)[C@H](O)[C@@H](O)[C@@H]3O)c(OC)c2)ccc1O[C@@H]1O[C@@H](CO)[C@H](O)[C@@H](O)[C@@H]1O. The minimum absolute atomic E-state index is 0.0204. The molecule has 14 atom stereocenters. The van der Waals surface area contributed by atoms with Gasteiger partial charge in [-0.3, -0.25) is 0 Å². The molecule has 266 valence electrons. The predicted molar refractivity (Wildman–Crippen MR) is 159 cm³/mol. The molecular weight excluding hydrogens is 640 g/mol. The standard InChI is InChI=1S/C32H42O16/c1-41-19-7-13(3-5-17(19)45-31-27(39)25(37)23(35)21(9-33)47-31)29-15-11-44-30(16(15)12-43-29)14-4-6-18(20(8-14)42-2)46-32-28(40)26(38)24(36)22(10-34)48-32/h3-8,15-16,21-40H,9-12H2,1-2H3/t15-,16-,21-,22+,23-,24-,25+,26+,27-,28-,29+,30+,31+,32+/m0/s1. The van der Waals surface area contributed by atoms with E-state index < -0.39 is 74.6 Å².